The first kappa shape index (κ1) is 99.5. The van der Waals surface area contributed by atoms with Gasteiger partial charge < -0.3 is 157 Å². The van der Waals surface area contributed by atoms with Gasteiger partial charge in [0, 0.05) is 6.54 Å². The van der Waals surface area contributed by atoms with Crippen LogP contribution in [-0.4, -0.2) is 426 Å². The normalized spacial score (nSPS) is 11.8. The van der Waals surface area contributed by atoms with Crippen LogP contribution in [0.5, 0.6) is 0 Å². The minimum Gasteiger partial charge on any atom is -0.480 e. The number of alkyl carbamates (subject to hydrolysis) is 1. The Morgan fingerprint density at radius 2 is 0.304 bits per heavy atom. The van der Waals surface area contributed by atoms with E-state index >= 15 is 0 Å². The summed E-state index contributed by atoms with van der Waals surface area (Å²) in [4.78, 5) is 21.9. The molecule has 0 aromatic rings. The number of aliphatic carboxylic acids is 1. The van der Waals surface area contributed by atoms with Gasteiger partial charge in [0.05, 0.1) is 390 Å². The fourth-order valence-corrected chi connectivity index (χ4v) is 7.08. The summed E-state index contributed by atoms with van der Waals surface area (Å²) in [6, 6.07) is 0. The van der Waals surface area contributed by atoms with Gasteiger partial charge >= 0.3 is 12.1 Å². The fraction of sp³-hybridized carbons (Fsp3) is 0.970. The largest absolute Gasteiger partial charge is 0.480 e. The topological polar surface area (TPSA) is 353 Å². The summed E-state index contributed by atoms with van der Waals surface area (Å²) in [7, 11) is 0. The van der Waals surface area contributed by atoms with E-state index in [9.17, 15) is 9.59 Å². The minimum atomic E-state index is -1.00. The van der Waals surface area contributed by atoms with Crippen LogP contribution in [0.25, 0.3) is 0 Å². The van der Waals surface area contributed by atoms with Crippen molar-refractivity contribution in [1.29, 1.82) is 0 Å². The van der Waals surface area contributed by atoms with Crippen molar-refractivity contribution < 1.29 is 162 Å². The molecule has 0 aliphatic heterocycles. The summed E-state index contributed by atoms with van der Waals surface area (Å²) < 4.78 is 169. The Hall–Kier alpha value is -2.46. The molecule has 35 nitrogen and oxygen atoms in total. The molecule has 2 N–H and O–H groups in total. The van der Waals surface area contributed by atoms with Crippen LogP contribution >= 0.6 is 0 Å². The van der Waals surface area contributed by atoms with Gasteiger partial charge in [0.1, 0.15) is 12.2 Å². The highest BCUT2D eigenvalue weighted by atomic mass is 16.6. The average Bonchev–Trinajstić information content (AvgIpc) is 1.21. The van der Waals surface area contributed by atoms with Gasteiger partial charge in [0.2, 0.25) is 0 Å². The van der Waals surface area contributed by atoms with Gasteiger partial charge in [-0.25, -0.2) is 9.59 Å². The lowest BCUT2D eigenvalue weighted by Crippen LogP contribution is -2.34. The molecule has 0 rings (SSSR count). The zero-order valence-electron chi connectivity index (χ0n) is 62.1. The molecule has 610 valence electrons. The maximum atomic E-state index is 11.5. The molecule has 0 bridgehead atoms. The van der Waals surface area contributed by atoms with E-state index in [1.807, 2.05) is 20.8 Å². The van der Waals surface area contributed by atoms with Crippen molar-refractivity contribution in [2.45, 2.75) is 26.4 Å². The molecule has 0 saturated heterocycles. The van der Waals surface area contributed by atoms with Crippen LogP contribution in [0.2, 0.25) is 0 Å². The third kappa shape index (κ3) is 95.6. The zero-order valence-corrected chi connectivity index (χ0v) is 62.1. The second kappa shape index (κ2) is 89.2. The molecule has 0 saturated carbocycles. The monoisotopic (exact) mass is 1500 g/mol. The number of ether oxygens (including phenoxy) is 31. The summed E-state index contributed by atoms with van der Waals surface area (Å²) in [5.74, 6) is -1.00. The molecule has 0 aliphatic rings. The zero-order chi connectivity index (χ0) is 73.4. The number of nitrogens with one attached hydrogen (secondary N) is 1. The van der Waals surface area contributed by atoms with E-state index in [-0.39, 0.29) is 13.2 Å². The average molecular weight is 1500 g/mol. The summed E-state index contributed by atoms with van der Waals surface area (Å²) in [6.07, 6.45) is -0.460. The maximum absolute atomic E-state index is 11.5. The Kier molecular flexibility index (Phi) is 87.0. The van der Waals surface area contributed by atoms with Crippen LogP contribution in [0.15, 0.2) is 0 Å². The molecule has 0 aromatic heterocycles. The third-order valence-corrected chi connectivity index (χ3v) is 11.9. The third-order valence-electron chi connectivity index (χ3n) is 11.9. The highest BCUT2D eigenvalue weighted by molar-refractivity contribution is 5.68. The molecule has 35 heteroatoms. The van der Waals surface area contributed by atoms with Crippen LogP contribution in [0.1, 0.15) is 20.8 Å². The van der Waals surface area contributed by atoms with Crippen molar-refractivity contribution in [2.75, 3.05) is 403 Å². The summed E-state index contributed by atoms with van der Waals surface area (Å²) in [5, 5.41) is 11.1. The van der Waals surface area contributed by atoms with E-state index in [0.29, 0.717) is 390 Å². The highest BCUT2D eigenvalue weighted by Gasteiger charge is 2.15. The summed E-state index contributed by atoms with van der Waals surface area (Å²) >= 11 is 0. The van der Waals surface area contributed by atoms with Crippen molar-refractivity contribution >= 4 is 12.1 Å². The van der Waals surface area contributed by atoms with Gasteiger partial charge in [-0.3, -0.25) is 0 Å². The van der Waals surface area contributed by atoms with Gasteiger partial charge in [-0.2, -0.15) is 0 Å². The minimum absolute atomic E-state index is 0.230. The van der Waals surface area contributed by atoms with E-state index in [1.165, 1.54) is 0 Å². The number of rotatable bonds is 92. The quantitative estimate of drug-likeness (QED) is 0.0805. The van der Waals surface area contributed by atoms with Gasteiger partial charge in [-0.15, -0.1) is 0 Å². The molecule has 0 unspecified atom stereocenters. The molecule has 0 heterocycles. The predicted octanol–water partition coefficient (Wildman–Crippen LogP) is 1.09. The highest BCUT2D eigenvalue weighted by Crippen LogP contribution is 2.06. The molecular weight excluding hydrogens is 1360 g/mol. The molecular formula is C67H133NO34. The number of hydrogen-bond donors (Lipinski definition) is 2. The van der Waals surface area contributed by atoms with Crippen LogP contribution in [0, 0.1) is 0 Å². The van der Waals surface area contributed by atoms with Crippen molar-refractivity contribution in [1.82, 2.24) is 5.32 Å². The lowest BCUT2D eigenvalue weighted by Gasteiger charge is -2.19. The molecule has 0 spiro atoms. The second-order valence-corrected chi connectivity index (χ2v) is 21.6. The fourth-order valence-electron chi connectivity index (χ4n) is 7.08. The molecule has 0 radical (unpaired) electrons. The first-order valence-electron chi connectivity index (χ1n) is 35.8. The standard InChI is InChI=1S/C67H133NO34/c1-67(2,3)102-66(71)68-4-5-72-6-7-73-8-9-74-10-11-75-12-13-76-14-15-77-16-17-78-18-19-79-20-21-80-22-23-81-24-25-82-26-27-83-28-29-84-30-31-85-32-33-86-34-35-87-36-37-88-38-39-89-40-41-90-42-43-91-44-45-92-46-47-93-48-49-94-50-51-95-52-53-96-54-55-97-56-57-98-58-59-99-60-61-100-62-63-101-64-65(69)70/h4-64H2,1-3H3,(H,68,71)(H,69,70). The molecule has 0 aliphatic carbocycles. The number of carboxylic acid groups (broad SMARTS) is 1. The number of hydrogen-bond acceptors (Lipinski definition) is 33. The van der Waals surface area contributed by atoms with Crippen molar-refractivity contribution in [3.05, 3.63) is 0 Å². The van der Waals surface area contributed by atoms with E-state index in [2.05, 4.69) is 5.32 Å². The second-order valence-electron chi connectivity index (χ2n) is 21.6. The molecule has 1 amide bonds. The smallest absolute Gasteiger partial charge is 0.407 e. The van der Waals surface area contributed by atoms with Crippen LogP contribution in [0.3, 0.4) is 0 Å². The first-order chi connectivity index (χ1) is 50.3. The first-order valence-corrected chi connectivity index (χ1v) is 35.8. The molecule has 0 aromatic carbocycles. The SMILES string of the molecule is CC(C)(C)OC(=O)NCCOCCOCCOCCOCCOCCOCCOCCOCCOCCOCCOCCOCCOCCOCCOCCOCCOCCOCCOCCOCCOCCOCCOCCOCCOCCOCCOCCOCCOCCOCC(=O)O. The summed E-state index contributed by atoms with van der Waals surface area (Å²) in [5.41, 5.74) is -0.524. The van der Waals surface area contributed by atoms with Crippen LogP contribution in [0.4, 0.5) is 4.79 Å². The predicted molar refractivity (Wildman–Crippen MR) is 366 cm³/mol. The van der Waals surface area contributed by atoms with E-state index in [1.54, 1.807) is 0 Å². The Morgan fingerprint density at radius 1 is 0.196 bits per heavy atom. The van der Waals surface area contributed by atoms with E-state index in [4.69, 9.17) is 152 Å². The Morgan fingerprint density at radius 3 is 0.412 bits per heavy atom. The van der Waals surface area contributed by atoms with Crippen molar-refractivity contribution in [3.8, 4) is 0 Å². The summed E-state index contributed by atoms with van der Waals surface area (Å²) in [6.45, 7) is 32.7. The number of carboxylic acids is 1. The van der Waals surface area contributed by atoms with Crippen molar-refractivity contribution in [2.24, 2.45) is 0 Å². The van der Waals surface area contributed by atoms with Gasteiger partial charge in [0.25, 0.3) is 0 Å². The molecule has 0 fully saturated rings. The van der Waals surface area contributed by atoms with E-state index in [0.717, 1.165) is 0 Å². The Bertz CT molecular complexity index is 1590. The van der Waals surface area contributed by atoms with Crippen molar-refractivity contribution in [3.63, 3.8) is 0 Å². The number of carbonyl (C=O) groups excluding carboxylic acids is 1. The maximum Gasteiger partial charge on any atom is 0.407 e. The van der Waals surface area contributed by atoms with Gasteiger partial charge in [0.15, 0.2) is 0 Å². The number of carbonyl (C=O) groups is 2. The molecule has 0 atom stereocenters. The Balaban J connectivity index is 3.10. The molecule has 102 heavy (non-hydrogen) atoms. The van der Waals surface area contributed by atoms with Gasteiger partial charge in [-0.05, 0) is 20.8 Å². The van der Waals surface area contributed by atoms with Crippen LogP contribution < -0.4 is 5.32 Å². The van der Waals surface area contributed by atoms with Gasteiger partial charge in [-0.1, -0.05) is 0 Å². The van der Waals surface area contributed by atoms with Crippen LogP contribution in [-0.2, 0) is 152 Å². The lowest BCUT2D eigenvalue weighted by molar-refractivity contribution is -0.142. The van der Waals surface area contributed by atoms with E-state index < -0.39 is 17.7 Å². The number of amides is 1. The Labute approximate surface area is 606 Å². The lowest BCUT2D eigenvalue weighted by atomic mass is 10.2.